The van der Waals surface area contributed by atoms with Gasteiger partial charge in [-0.2, -0.15) is 0 Å². The van der Waals surface area contributed by atoms with E-state index in [0.717, 1.165) is 18.9 Å². The molecule has 0 amide bonds. The summed E-state index contributed by atoms with van der Waals surface area (Å²) in [6.45, 7) is 7.38. The van der Waals surface area contributed by atoms with Crippen LogP contribution in [0, 0.1) is 17.5 Å². The molecule has 0 spiro atoms. The van der Waals surface area contributed by atoms with Crippen LogP contribution in [0.2, 0.25) is 0 Å². The van der Waals surface area contributed by atoms with Crippen LogP contribution in [0.15, 0.2) is 12.1 Å². The van der Waals surface area contributed by atoms with Crippen molar-refractivity contribution in [3.63, 3.8) is 0 Å². The van der Waals surface area contributed by atoms with E-state index in [1.165, 1.54) is 0 Å². The first kappa shape index (κ1) is 15.2. The molecule has 1 aromatic carbocycles. The molecule has 0 bridgehead atoms. The minimum atomic E-state index is -1.15. The smallest absolute Gasteiger partial charge is 0.161 e. The average Bonchev–Trinajstić information content (AvgIpc) is 2.44. The van der Waals surface area contributed by atoms with Gasteiger partial charge in [-0.05, 0) is 19.8 Å². The van der Waals surface area contributed by atoms with Crippen LogP contribution in [0.3, 0.4) is 0 Å². The molecule has 1 N–H and O–H groups in total. The molecule has 20 heavy (non-hydrogen) atoms. The molecule has 1 atom stereocenters. The highest BCUT2D eigenvalue weighted by Gasteiger charge is 2.36. The van der Waals surface area contributed by atoms with Gasteiger partial charge < -0.3 is 10.2 Å². The molecule has 0 radical (unpaired) electrons. The predicted octanol–water partition coefficient (Wildman–Crippen LogP) is 3.46. The Morgan fingerprint density at radius 2 is 1.75 bits per heavy atom. The van der Waals surface area contributed by atoms with Gasteiger partial charge in [0.2, 0.25) is 0 Å². The van der Waals surface area contributed by atoms with Gasteiger partial charge in [0.25, 0.3) is 0 Å². The second-order valence-corrected chi connectivity index (χ2v) is 5.56. The van der Waals surface area contributed by atoms with Crippen LogP contribution in [0.5, 0.6) is 0 Å². The van der Waals surface area contributed by atoms with E-state index in [-0.39, 0.29) is 17.3 Å². The van der Waals surface area contributed by atoms with Crippen LogP contribution in [-0.2, 0) is 0 Å². The fraction of sp³-hybridized carbons (Fsp3) is 0.600. The summed E-state index contributed by atoms with van der Waals surface area (Å²) in [5.41, 5.74) is 0.0354. The number of anilines is 1. The molecule has 0 aromatic heterocycles. The number of hydrogen-bond acceptors (Lipinski definition) is 2. The van der Waals surface area contributed by atoms with Crippen LogP contribution in [0.4, 0.5) is 18.9 Å². The largest absolute Gasteiger partial charge is 0.363 e. The van der Waals surface area contributed by atoms with Gasteiger partial charge >= 0.3 is 0 Å². The molecule has 2 nitrogen and oxygen atoms in total. The molecule has 0 aliphatic carbocycles. The van der Waals surface area contributed by atoms with Crippen LogP contribution in [0.1, 0.15) is 33.6 Å². The molecule has 1 saturated heterocycles. The van der Waals surface area contributed by atoms with Crippen molar-refractivity contribution < 1.29 is 13.2 Å². The van der Waals surface area contributed by atoms with E-state index >= 15 is 0 Å². The Bertz CT molecular complexity index is 486. The van der Waals surface area contributed by atoms with E-state index in [4.69, 9.17) is 0 Å². The summed E-state index contributed by atoms with van der Waals surface area (Å²) in [5, 5.41) is 3.49. The molecule has 1 aromatic rings. The van der Waals surface area contributed by atoms with Crippen molar-refractivity contribution in [2.45, 2.75) is 45.2 Å². The van der Waals surface area contributed by atoms with Gasteiger partial charge in [-0.3, -0.25) is 0 Å². The lowest BCUT2D eigenvalue weighted by atomic mass is 9.88. The standard InChI is InChI=1S/C15H21F3N2/c1-4-15(5-2)9-20(10(3)8-19-15)14-7-12(17)11(16)6-13(14)18/h6-7,10,19H,4-5,8-9H2,1-3H3. The van der Waals surface area contributed by atoms with Crippen molar-refractivity contribution in [2.24, 2.45) is 0 Å². The van der Waals surface area contributed by atoms with Gasteiger partial charge in [0.05, 0.1) is 5.69 Å². The Hall–Kier alpha value is -1.23. The fourth-order valence-corrected chi connectivity index (χ4v) is 2.79. The zero-order valence-corrected chi connectivity index (χ0v) is 12.1. The third-order valence-electron chi connectivity index (χ3n) is 4.43. The first-order valence-corrected chi connectivity index (χ1v) is 7.08. The Kier molecular flexibility index (Phi) is 4.28. The molecular weight excluding hydrogens is 265 g/mol. The van der Waals surface area contributed by atoms with Crippen molar-refractivity contribution in [3.05, 3.63) is 29.6 Å². The topological polar surface area (TPSA) is 15.3 Å². The summed E-state index contributed by atoms with van der Waals surface area (Å²) in [7, 11) is 0. The van der Waals surface area contributed by atoms with Gasteiger partial charge in [-0.15, -0.1) is 0 Å². The lowest BCUT2D eigenvalue weighted by Crippen LogP contribution is -2.63. The van der Waals surface area contributed by atoms with Gasteiger partial charge in [-0.25, -0.2) is 13.2 Å². The maximum Gasteiger partial charge on any atom is 0.161 e. The summed E-state index contributed by atoms with van der Waals surface area (Å²) in [5.74, 6) is -2.87. The molecule has 1 aliphatic heterocycles. The molecule has 1 fully saturated rings. The highest BCUT2D eigenvalue weighted by Crippen LogP contribution is 2.30. The van der Waals surface area contributed by atoms with E-state index in [0.29, 0.717) is 19.2 Å². The van der Waals surface area contributed by atoms with Crippen LogP contribution in [0.25, 0.3) is 0 Å². The van der Waals surface area contributed by atoms with Gasteiger partial charge in [0.15, 0.2) is 11.6 Å². The highest BCUT2D eigenvalue weighted by atomic mass is 19.2. The van der Waals surface area contributed by atoms with Gasteiger partial charge in [-0.1, -0.05) is 13.8 Å². The lowest BCUT2D eigenvalue weighted by Gasteiger charge is -2.47. The minimum Gasteiger partial charge on any atom is -0.363 e. The molecule has 1 unspecified atom stereocenters. The number of piperazine rings is 1. The third-order valence-corrected chi connectivity index (χ3v) is 4.43. The Morgan fingerprint density at radius 1 is 1.15 bits per heavy atom. The maximum absolute atomic E-state index is 14.0. The summed E-state index contributed by atoms with van der Waals surface area (Å²) in [4.78, 5) is 1.83. The zero-order chi connectivity index (χ0) is 14.9. The Balaban J connectivity index is 2.37. The van der Waals surface area contributed by atoms with E-state index in [1.807, 2.05) is 11.8 Å². The lowest BCUT2D eigenvalue weighted by molar-refractivity contribution is 0.252. The average molecular weight is 286 g/mol. The highest BCUT2D eigenvalue weighted by molar-refractivity contribution is 5.50. The SMILES string of the molecule is CCC1(CC)CN(c2cc(F)c(F)cc2F)C(C)CN1. The number of rotatable bonds is 3. The van der Waals surface area contributed by atoms with Crippen molar-refractivity contribution in [3.8, 4) is 0 Å². The molecule has 1 aliphatic rings. The van der Waals surface area contributed by atoms with E-state index in [9.17, 15) is 13.2 Å². The second kappa shape index (κ2) is 5.64. The van der Waals surface area contributed by atoms with E-state index < -0.39 is 17.5 Å². The maximum atomic E-state index is 14.0. The molecular formula is C15H21F3N2. The van der Waals surface area contributed by atoms with Crippen molar-refractivity contribution >= 4 is 5.69 Å². The number of nitrogens with zero attached hydrogens (tertiary/aromatic N) is 1. The summed E-state index contributed by atoms with van der Waals surface area (Å²) < 4.78 is 40.5. The third kappa shape index (κ3) is 2.64. The van der Waals surface area contributed by atoms with Gasteiger partial charge in [0, 0.05) is 36.8 Å². The minimum absolute atomic E-state index is 0.0283. The predicted molar refractivity (Wildman–Crippen MR) is 74.4 cm³/mol. The zero-order valence-electron chi connectivity index (χ0n) is 12.1. The van der Waals surface area contributed by atoms with Crippen LogP contribution < -0.4 is 10.2 Å². The number of halogens is 3. The first-order valence-electron chi connectivity index (χ1n) is 7.08. The number of hydrogen-bond donors (Lipinski definition) is 1. The summed E-state index contributed by atoms with van der Waals surface area (Å²) in [6, 6.07) is 1.61. The van der Waals surface area contributed by atoms with Crippen molar-refractivity contribution in [1.82, 2.24) is 5.32 Å². The summed E-state index contributed by atoms with van der Waals surface area (Å²) >= 11 is 0. The number of nitrogens with one attached hydrogen (secondary N) is 1. The molecule has 0 saturated carbocycles. The monoisotopic (exact) mass is 286 g/mol. The normalized spacial score (nSPS) is 22.1. The fourth-order valence-electron chi connectivity index (χ4n) is 2.79. The molecule has 112 valence electrons. The molecule has 1 heterocycles. The first-order chi connectivity index (χ1) is 9.42. The van der Waals surface area contributed by atoms with Crippen LogP contribution in [-0.4, -0.2) is 24.7 Å². The molecule has 5 heteroatoms. The van der Waals surface area contributed by atoms with Crippen molar-refractivity contribution in [2.75, 3.05) is 18.0 Å². The molecule has 2 rings (SSSR count). The Labute approximate surface area is 118 Å². The summed E-state index contributed by atoms with van der Waals surface area (Å²) in [6.07, 6.45) is 1.80. The van der Waals surface area contributed by atoms with Crippen LogP contribution >= 0.6 is 0 Å². The Morgan fingerprint density at radius 3 is 2.35 bits per heavy atom. The second-order valence-electron chi connectivity index (χ2n) is 5.56. The van der Waals surface area contributed by atoms with Gasteiger partial charge in [0.1, 0.15) is 5.82 Å². The van der Waals surface area contributed by atoms with E-state index in [1.54, 1.807) is 0 Å². The number of benzene rings is 1. The van der Waals surface area contributed by atoms with Crippen molar-refractivity contribution in [1.29, 1.82) is 0 Å². The quantitative estimate of drug-likeness (QED) is 0.856. The van der Waals surface area contributed by atoms with E-state index in [2.05, 4.69) is 19.2 Å².